The van der Waals surface area contributed by atoms with Crippen molar-refractivity contribution >= 4 is 0 Å². The van der Waals surface area contributed by atoms with Crippen molar-refractivity contribution in [1.29, 1.82) is 0 Å². The van der Waals surface area contributed by atoms with Crippen LogP contribution in [0.4, 0.5) is 0 Å². The zero-order valence-corrected chi connectivity index (χ0v) is 12.5. The zero-order chi connectivity index (χ0) is 14.0. The highest BCUT2D eigenvalue weighted by molar-refractivity contribution is 5.03. The third-order valence-electron chi connectivity index (χ3n) is 5.06. The fourth-order valence-electron chi connectivity index (χ4n) is 3.37. The predicted molar refractivity (Wildman–Crippen MR) is 79.4 cm³/mol. The summed E-state index contributed by atoms with van der Waals surface area (Å²) in [5, 5.41) is 14.1. The number of nitrogens with zero attached hydrogens (tertiary/aromatic N) is 2. The summed E-state index contributed by atoms with van der Waals surface area (Å²) in [5.74, 6) is 0.826. The minimum Gasteiger partial charge on any atom is -0.389 e. The van der Waals surface area contributed by atoms with E-state index in [1.807, 2.05) is 12.5 Å². The fraction of sp³-hybridized carbons (Fsp3) is 0.812. The van der Waals surface area contributed by atoms with Gasteiger partial charge in [-0.15, -0.1) is 0 Å². The van der Waals surface area contributed by atoms with Crippen molar-refractivity contribution in [2.45, 2.75) is 70.1 Å². The van der Waals surface area contributed by atoms with Crippen LogP contribution in [-0.4, -0.2) is 26.8 Å². The minimum atomic E-state index is -0.490. The quantitative estimate of drug-likeness (QED) is 0.840. The molecule has 4 nitrogen and oxygen atoms in total. The molecular weight excluding hydrogens is 250 g/mol. The number of aromatic nitrogens is 2. The number of imidazole rings is 1. The van der Waals surface area contributed by atoms with E-state index in [1.165, 1.54) is 37.8 Å². The Bertz CT molecular complexity index is 431. The highest BCUT2D eigenvalue weighted by Gasteiger charge is 2.32. The molecule has 3 rings (SSSR count). The van der Waals surface area contributed by atoms with Crippen molar-refractivity contribution in [3.8, 4) is 0 Å². The van der Waals surface area contributed by atoms with Crippen LogP contribution in [0.1, 0.15) is 63.6 Å². The summed E-state index contributed by atoms with van der Waals surface area (Å²) >= 11 is 0. The summed E-state index contributed by atoms with van der Waals surface area (Å²) in [7, 11) is 0. The second kappa shape index (κ2) is 5.86. The monoisotopic (exact) mass is 277 g/mol. The molecule has 2 aliphatic rings. The maximum Gasteiger partial charge on any atom is 0.0951 e. The first kappa shape index (κ1) is 14.1. The molecule has 1 aromatic rings. The third-order valence-corrected chi connectivity index (χ3v) is 5.06. The Kier molecular flexibility index (Phi) is 4.13. The van der Waals surface area contributed by atoms with Crippen molar-refractivity contribution < 1.29 is 5.11 Å². The summed E-state index contributed by atoms with van der Waals surface area (Å²) in [6.45, 7) is 3.78. The Morgan fingerprint density at radius 2 is 2.10 bits per heavy atom. The Balaban J connectivity index is 1.46. The summed E-state index contributed by atoms with van der Waals surface area (Å²) in [5.41, 5.74) is 0.758. The van der Waals surface area contributed by atoms with Gasteiger partial charge in [0.1, 0.15) is 0 Å². The molecule has 0 aliphatic heterocycles. The minimum absolute atomic E-state index is 0.490. The van der Waals surface area contributed by atoms with Crippen molar-refractivity contribution in [3.05, 3.63) is 18.2 Å². The number of rotatable bonds is 6. The van der Waals surface area contributed by atoms with Crippen molar-refractivity contribution in [2.24, 2.45) is 5.92 Å². The van der Waals surface area contributed by atoms with Gasteiger partial charge in [0.2, 0.25) is 0 Å². The van der Waals surface area contributed by atoms with E-state index in [9.17, 15) is 5.11 Å². The molecule has 0 atom stereocenters. The SMILES string of the molecule is CCC1CCC(O)(CNCc2cncn2C2CC2)CC1. The van der Waals surface area contributed by atoms with Gasteiger partial charge >= 0.3 is 0 Å². The fourth-order valence-corrected chi connectivity index (χ4v) is 3.37. The van der Waals surface area contributed by atoms with Crippen LogP contribution in [0.3, 0.4) is 0 Å². The van der Waals surface area contributed by atoms with E-state index in [2.05, 4.69) is 21.8 Å². The zero-order valence-electron chi connectivity index (χ0n) is 12.5. The lowest BCUT2D eigenvalue weighted by Crippen LogP contribution is -2.43. The Labute approximate surface area is 121 Å². The van der Waals surface area contributed by atoms with Gasteiger partial charge in [-0.3, -0.25) is 0 Å². The first-order chi connectivity index (χ1) is 9.70. The first-order valence-electron chi connectivity index (χ1n) is 8.14. The lowest BCUT2D eigenvalue weighted by molar-refractivity contribution is -0.00890. The molecule has 0 spiro atoms. The van der Waals surface area contributed by atoms with Gasteiger partial charge in [-0.25, -0.2) is 4.98 Å². The number of nitrogens with one attached hydrogen (secondary N) is 1. The molecular formula is C16H27N3O. The smallest absolute Gasteiger partial charge is 0.0951 e. The molecule has 0 saturated heterocycles. The maximum atomic E-state index is 10.6. The van der Waals surface area contributed by atoms with E-state index in [4.69, 9.17) is 0 Å². The summed E-state index contributed by atoms with van der Waals surface area (Å²) in [6.07, 6.45) is 11.9. The van der Waals surface area contributed by atoms with E-state index in [-0.39, 0.29) is 0 Å². The highest BCUT2D eigenvalue weighted by atomic mass is 16.3. The average molecular weight is 277 g/mol. The van der Waals surface area contributed by atoms with Crippen LogP contribution < -0.4 is 5.32 Å². The molecule has 1 aromatic heterocycles. The van der Waals surface area contributed by atoms with Gasteiger partial charge in [0.25, 0.3) is 0 Å². The summed E-state index contributed by atoms with van der Waals surface area (Å²) < 4.78 is 2.28. The van der Waals surface area contributed by atoms with Gasteiger partial charge in [-0.05, 0) is 44.4 Å². The second-order valence-corrected chi connectivity index (χ2v) is 6.70. The Hall–Kier alpha value is -0.870. The van der Waals surface area contributed by atoms with Crippen LogP contribution in [-0.2, 0) is 6.54 Å². The lowest BCUT2D eigenvalue weighted by atomic mass is 9.78. The van der Waals surface area contributed by atoms with E-state index < -0.39 is 5.60 Å². The van der Waals surface area contributed by atoms with Gasteiger partial charge < -0.3 is 15.0 Å². The summed E-state index contributed by atoms with van der Waals surface area (Å²) in [6, 6.07) is 0.678. The average Bonchev–Trinajstić information content (AvgIpc) is 3.20. The number of hydrogen-bond acceptors (Lipinski definition) is 3. The van der Waals surface area contributed by atoms with Crippen molar-refractivity contribution in [1.82, 2.24) is 14.9 Å². The van der Waals surface area contributed by atoms with Crippen LogP contribution in [0.15, 0.2) is 12.5 Å². The second-order valence-electron chi connectivity index (χ2n) is 6.70. The molecule has 2 fully saturated rings. The standard InChI is InChI=1S/C16H27N3O/c1-2-13-5-7-16(20,8-6-13)11-17-9-15-10-18-12-19(15)14-3-4-14/h10,12-14,17,20H,2-9,11H2,1H3. The van der Waals surface area contributed by atoms with E-state index in [0.29, 0.717) is 12.6 Å². The van der Waals surface area contributed by atoms with Gasteiger partial charge in [-0.1, -0.05) is 13.3 Å². The molecule has 112 valence electrons. The lowest BCUT2D eigenvalue weighted by Gasteiger charge is -2.36. The molecule has 1 heterocycles. The van der Waals surface area contributed by atoms with Crippen LogP contribution in [0.5, 0.6) is 0 Å². The first-order valence-corrected chi connectivity index (χ1v) is 8.14. The Morgan fingerprint density at radius 1 is 1.35 bits per heavy atom. The molecule has 2 aliphatic carbocycles. The molecule has 0 unspecified atom stereocenters. The van der Waals surface area contributed by atoms with Crippen molar-refractivity contribution in [2.75, 3.05) is 6.54 Å². The van der Waals surface area contributed by atoms with E-state index >= 15 is 0 Å². The highest BCUT2D eigenvalue weighted by Crippen LogP contribution is 2.36. The topological polar surface area (TPSA) is 50.1 Å². The van der Waals surface area contributed by atoms with Crippen LogP contribution in [0.2, 0.25) is 0 Å². The van der Waals surface area contributed by atoms with Crippen molar-refractivity contribution in [3.63, 3.8) is 0 Å². The largest absolute Gasteiger partial charge is 0.389 e. The van der Waals surface area contributed by atoms with Gasteiger partial charge in [-0.2, -0.15) is 0 Å². The number of hydrogen-bond donors (Lipinski definition) is 2. The normalized spacial score (nSPS) is 30.6. The maximum absolute atomic E-state index is 10.6. The molecule has 20 heavy (non-hydrogen) atoms. The predicted octanol–water partition coefficient (Wildman–Crippen LogP) is 2.64. The molecule has 0 bridgehead atoms. The van der Waals surface area contributed by atoms with Gasteiger partial charge in [0.05, 0.1) is 17.6 Å². The molecule has 0 amide bonds. The number of aliphatic hydroxyl groups is 1. The van der Waals surface area contributed by atoms with E-state index in [1.54, 1.807) is 0 Å². The molecule has 2 N–H and O–H groups in total. The van der Waals surface area contributed by atoms with Crippen LogP contribution in [0.25, 0.3) is 0 Å². The molecule has 4 heteroatoms. The van der Waals surface area contributed by atoms with Gasteiger partial charge in [0, 0.05) is 25.3 Å². The van der Waals surface area contributed by atoms with Crippen LogP contribution >= 0.6 is 0 Å². The van der Waals surface area contributed by atoms with Crippen LogP contribution in [0, 0.1) is 5.92 Å². The molecule has 0 radical (unpaired) electrons. The molecule has 0 aromatic carbocycles. The Morgan fingerprint density at radius 3 is 2.75 bits per heavy atom. The van der Waals surface area contributed by atoms with E-state index in [0.717, 1.165) is 25.3 Å². The third kappa shape index (κ3) is 3.23. The van der Waals surface area contributed by atoms with Gasteiger partial charge in [0.15, 0.2) is 0 Å². The molecule has 2 saturated carbocycles. The summed E-state index contributed by atoms with van der Waals surface area (Å²) in [4.78, 5) is 4.25.